The molecule has 1 fully saturated rings. The van der Waals surface area contributed by atoms with Crippen molar-refractivity contribution < 1.29 is 9.53 Å². The van der Waals surface area contributed by atoms with E-state index < -0.39 is 0 Å². The fourth-order valence-corrected chi connectivity index (χ4v) is 3.35. The van der Waals surface area contributed by atoms with Crippen LogP contribution in [0.2, 0.25) is 0 Å². The number of anilines is 1. The molecule has 0 saturated carbocycles. The van der Waals surface area contributed by atoms with Gasteiger partial charge >= 0.3 is 0 Å². The maximum Gasteiger partial charge on any atom is 0.260 e. The van der Waals surface area contributed by atoms with Crippen molar-refractivity contribution in [1.29, 1.82) is 0 Å². The second-order valence-corrected chi connectivity index (χ2v) is 7.50. The second kappa shape index (κ2) is 9.04. The van der Waals surface area contributed by atoms with Gasteiger partial charge in [-0.05, 0) is 25.0 Å². The minimum absolute atomic E-state index is 0.0345. The quantitative estimate of drug-likeness (QED) is 0.768. The molecule has 0 radical (unpaired) electrons. The van der Waals surface area contributed by atoms with Crippen LogP contribution in [0.15, 0.2) is 30.3 Å². The topological polar surface area (TPSA) is 58.6 Å². The molecule has 1 aliphatic rings. The number of piperazine rings is 1. The first-order valence-electron chi connectivity index (χ1n) is 10.1. The lowest BCUT2D eigenvalue weighted by molar-refractivity contribution is -0.133. The van der Waals surface area contributed by atoms with Gasteiger partial charge in [-0.25, -0.2) is 9.97 Å². The average molecular weight is 383 g/mol. The molecule has 2 aromatic rings. The Kier molecular flexibility index (Phi) is 6.49. The van der Waals surface area contributed by atoms with Crippen molar-refractivity contribution in [3.63, 3.8) is 0 Å². The number of para-hydroxylation sites is 1. The number of aromatic nitrogens is 2. The molecule has 1 aliphatic heterocycles. The Bertz CT molecular complexity index is 814. The van der Waals surface area contributed by atoms with Crippen LogP contribution in [0, 0.1) is 6.92 Å². The SMILES string of the molecule is CCc1ccccc1OCC(=O)N1CCN(c2cc(C)nc(C(C)C)n2)CC1. The van der Waals surface area contributed by atoms with E-state index >= 15 is 0 Å². The third-order valence-corrected chi connectivity index (χ3v) is 5.04. The molecule has 1 amide bonds. The summed E-state index contributed by atoms with van der Waals surface area (Å²) >= 11 is 0. The van der Waals surface area contributed by atoms with E-state index in [0.717, 1.165) is 48.2 Å². The summed E-state index contributed by atoms with van der Waals surface area (Å²) < 4.78 is 5.79. The summed E-state index contributed by atoms with van der Waals surface area (Å²) in [5.41, 5.74) is 2.11. The predicted molar refractivity (Wildman–Crippen MR) is 111 cm³/mol. The third kappa shape index (κ3) is 4.80. The molecular formula is C22H30N4O2. The van der Waals surface area contributed by atoms with Gasteiger partial charge in [0.05, 0.1) is 0 Å². The summed E-state index contributed by atoms with van der Waals surface area (Å²) in [5.74, 6) is 2.96. The third-order valence-electron chi connectivity index (χ3n) is 5.04. The van der Waals surface area contributed by atoms with Crippen LogP contribution in [-0.4, -0.2) is 53.6 Å². The van der Waals surface area contributed by atoms with E-state index in [1.807, 2.05) is 42.2 Å². The van der Waals surface area contributed by atoms with Crippen LogP contribution in [0.4, 0.5) is 5.82 Å². The molecule has 3 rings (SSSR count). The summed E-state index contributed by atoms with van der Waals surface area (Å²) in [6.07, 6.45) is 0.889. The average Bonchev–Trinajstić information content (AvgIpc) is 2.71. The van der Waals surface area contributed by atoms with Gasteiger partial charge in [0, 0.05) is 43.9 Å². The molecule has 0 aliphatic carbocycles. The van der Waals surface area contributed by atoms with Gasteiger partial charge in [-0.1, -0.05) is 39.0 Å². The summed E-state index contributed by atoms with van der Waals surface area (Å²) in [4.78, 5) is 25.9. The van der Waals surface area contributed by atoms with Crippen LogP contribution in [0.1, 0.15) is 43.8 Å². The molecule has 2 heterocycles. The molecule has 0 unspecified atom stereocenters. The molecular weight excluding hydrogens is 352 g/mol. The van der Waals surface area contributed by atoms with Gasteiger partial charge in [0.15, 0.2) is 6.61 Å². The number of carbonyl (C=O) groups is 1. The number of rotatable bonds is 6. The standard InChI is InChI=1S/C22H30N4O2/c1-5-18-8-6-7-9-19(18)28-15-21(27)26-12-10-25(11-13-26)20-14-17(4)23-22(24-20)16(2)3/h6-9,14,16H,5,10-13,15H2,1-4H3. The number of benzene rings is 1. The van der Waals surface area contributed by atoms with Gasteiger partial charge in [0.2, 0.25) is 0 Å². The first-order chi connectivity index (χ1) is 13.5. The molecule has 0 bridgehead atoms. The minimum Gasteiger partial charge on any atom is -0.483 e. The maximum absolute atomic E-state index is 12.6. The van der Waals surface area contributed by atoms with Gasteiger partial charge in [-0.3, -0.25) is 4.79 Å². The van der Waals surface area contributed by atoms with Crippen molar-refractivity contribution >= 4 is 11.7 Å². The monoisotopic (exact) mass is 382 g/mol. The van der Waals surface area contributed by atoms with E-state index in [1.54, 1.807) is 0 Å². The van der Waals surface area contributed by atoms with Crippen LogP contribution >= 0.6 is 0 Å². The number of ether oxygens (including phenoxy) is 1. The Morgan fingerprint density at radius 2 is 1.86 bits per heavy atom. The van der Waals surface area contributed by atoms with Crippen LogP contribution in [0.3, 0.4) is 0 Å². The van der Waals surface area contributed by atoms with E-state index in [1.165, 1.54) is 0 Å². The van der Waals surface area contributed by atoms with Crippen LogP contribution in [0.25, 0.3) is 0 Å². The number of nitrogens with zero attached hydrogens (tertiary/aromatic N) is 4. The summed E-state index contributed by atoms with van der Waals surface area (Å²) in [5, 5.41) is 0. The molecule has 1 aromatic carbocycles. The molecule has 1 saturated heterocycles. The molecule has 6 heteroatoms. The lowest BCUT2D eigenvalue weighted by Gasteiger charge is -2.35. The van der Waals surface area contributed by atoms with E-state index in [0.29, 0.717) is 19.0 Å². The first kappa shape index (κ1) is 20.1. The molecule has 150 valence electrons. The van der Waals surface area contributed by atoms with Crippen molar-refractivity contribution in [3.05, 3.63) is 47.4 Å². The highest BCUT2D eigenvalue weighted by Crippen LogP contribution is 2.20. The fraction of sp³-hybridized carbons (Fsp3) is 0.500. The molecule has 0 spiro atoms. The second-order valence-electron chi connectivity index (χ2n) is 7.50. The Morgan fingerprint density at radius 1 is 1.14 bits per heavy atom. The number of aryl methyl sites for hydroxylation is 2. The Hall–Kier alpha value is -2.63. The van der Waals surface area contributed by atoms with Gasteiger partial charge in [-0.2, -0.15) is 0 Å². The Balaban J connectivity index is 1.56. The summed E-state index contributed by atoms with van der Waals surface area (Å²) in [6.45, 7) is 11.3. The lowest BCUT2D eigenvalue weighted by Crippen LogP contribution is -2.50. The van der Waals surface area contributed by atoms with Gasteiger partial charge in [-0.15, -0.1) is 0 Å². The largest absolute Gasteiger partial charge is 0.483 e. The zero-order valence-corrected chi connectivity index (χ0v) is 17.3. The summed E-state index contributed by atoms with van der Waals surface area (Å²) in [7, 11) is 0. The molecule has 0 atom stereocenters. The molecule has 0 N–H and O–H groups in total. The highest BCUT2D eigenvalue weighted by Gasteiger charge is 2.23. The normalized spacial score (nSPS) is 14.5. The molecule has 1 aromatic heterocycles. The highest BCUT2D eigenvalue weighted by molar-refractivity contribution is 5.78. The number of hydrogen-bond acceptors (Lipinski definition) is 5. The molecule has 28 heavy (non-hydrogen) atoms. The molecule has 6 nitrogen and oxygen atoms in total. The highest BCUT2D eigenvalue weighted by atomic mass is 16.5. The van der Waals surface area contributed by atoms with Crippen molar-refractivity contribution in [2.24, 2.45) is 0 Å². The zero-order valence-electron chi connectivity index (χ0n) is 17.3. The van der Waals surface area contributed by atoms with E-state index in [2.05, 4.69) is 30.7 Å². The van der Waals surface area contributed by atoms with Crippen molar-refractivity contribution in [2.45, 2.75) is 40.0 Å². The Morgan fingerprint density at radius 3 is 2.54 bits per heavy atom. The van der Waals surface area contributed by atoms with E-state index in [9.17, 15) is 4.79 Å². The fourth-order valence-electron chi connectivity index (χ4n) is 3.35. The first-order valence-corrected chi connectivity index (χ1v) is 10.1. The zero-order chi connectivity index (χ0) is 20.1. The van der Waals surface area contributed by atoms with Crippen molar-refractivity contribution in [1.82, 2.24) is 14.9 Å². The maximum atomic E-state index is 12.6. The van der Waals surface area contributed by atoms with Gasteiger partial charge in [0.25, 0.3) is 5.91 Å². The van der Waals surface area contributed by atoms with Crippen LogP contribution in [0.5, 0.6) is 5.75 Å². The Labute approximate surface area is 167 Å². The number of carbonyl (C=O) groups excluding carboxylic acids is 1. The van der Waals surface area contributed by atoms with Crippen LogP contribution < -0.4 is 9.64 Å². The van der Waals surface area contributed by atoms with E-state index in [-0.39, 0.29) is 12.5 Å². The van der Waals surface area contributed by atoms with Gasteiger partial charge in [0.1, 0.15) is 17.4 Å². The smallest absolute Gasteiger partial charge is 0.260 e. The minimum atomic E-state index is 0.0345. The van der Waals surface area contributed by atoms with Gasteiger partial charge < -0.3 is 14.5 Å². The lowest BCUT2D eigenvalue weighted by atomic mass is 10.1. The van der Waals surface area contributed by atoms with Crippen LogP contribution in [-0.2, 0) is 11.2 Å². The summed E-state index contributed by atoms with van der Waals surface area (Å²) in [6, 6.07) is 9.91. The number of hydrogen-bond donors (Lipinski definition) is 0. The van der Waals surface area contributed by atoms with E-state index in [4.69, 9.17) is 9.72 Å². The number of amides is 1. The predicted octanol–water partition coefficient (Wildman–Crippen LogP) is 3.20. The van der Waals surface area contributed by atoms with Crippen molar-refractivity contribution in [2.75, 3.05) is 37.7 Å². The van der Waals surface area contributed by atoms with Crippen molar-refractivity contribution in [3.8, 4) is 5.75 Å².